The molecule has 2 heteroatoms. The van der Waals surface area contributed by atoms with E-state index in [1.54, 1.807) is 0 Å². The SMILES string of the molecule is C(#Cc1ccc2c(c1)C=CC(c1ccccc1)(c1ccccc1)O2)c1ccc(N(c2ccccc2)c2ccccc2)cc1. The van der Waals surface area contributed by atoms with Crippen LogP contribution in [0.4, 0.5) is 17.1 Å². The highest BCUT2D eigenvalue weighted by Crippen LogP contribution is 2.42. The first kappa shape index (κ1) is 26.1. The lowest BCUT2D eigenvalue weighted by Crippen LogP contribution is -2.34. The molecule has 1 aliphatic rings. The second-order valence-corrected chi connectivity index (χ2v) is 10.5. The molecule has 0 aliphatic carbocycles. The number of anilines is 3. The predicted molar refractivity (Wildman–Crippen MR) is 177 cm³/mol. The van der Waals surface area contributed by atoms with E-state index in [-0.39, 0.29) is 0 Å². The Kier molecular flexibility index (Phi) is 7.06. The zero-order chi connectivity index (χ0) is 28.9. The Morgan fingerprint density at radius 2 is 0.930 bits per heavy atom. The van der Waals surface area contributed by atoms with Gasteiger partial charge >= 0.3 is 0 Å². The fourth-order valence-electron chi connectivity index (χ4n) is 5.55. The number of nitrogens with zero attached hydrogens (tertiary/aromatic N) is 1. The lowest BCUT2D eigenvalue weighted by Gasteiger charge is -2.36. The molecular weight excluding hydrogens is 522 g/mol. The van der Waals surface area contributed by atoms with Gasteiger partial charge in [0, 0.05) is 44.9 Å². The van der Waals surface area contributed by atoms with Gasteiger partial charge in [0.05, 0.1) is 0 Å². The van der Waals surface area contributed by atoms with E-state index in [0.717, 1.165) is 50.6 Å². The Hall–Kier alpha value is -5.78. The van der Waals surface area contributed by atoms with Crippen LogP contribution in [0, 0.1) is 11.8 Å². The van der Waals surface area contributed by atoms with Crippen LogP contribution in [0.5, 0.6) is 5.75 Å². The first-order chi connectivity index (χ1) is 21.3. The van der Waals surface area contributed by atoms with Gasteiger partial charge in [-0.15, -0.1) is 0 Å². The summed E-state index contributed by atoms with van der Waals surface area (Å²) in [5.41, 5.74) is 7.73. The van der Waals surface area contributed by atoms with Gasteiger partial charge in [-0.2, -0.15) is 0 Å². The quantitative estimate of drug-likeness (QED) is 0.198. The van der Waals surface area contributed by atoms with Crippen LogP contribution in [0.3, 0.4) is 0 Å². The molecule has 0 unspecified atom stereocenters. The van der Waals surface area contributed by atoms with Crippen LogP contribution >= 0.6 is 0 Å². The summed E-state index contributed by atoms with van der Waals surface area (Å²) in [6, 6.07) is 56.1. The summed E-state index contributed by atoms with van der Waals surface area (Å²) in [6.07, 6.45) is 4.31. The van der Waals surface area contributed by atoms with E-state index in [2.05, 4.69) is 156 Å². The number of ether oxygens (including phenoxy) is 1. The molecule has 43 heavy (non-hydrogen) atoms. The van der Waals surface area contributed by atoms with Crippen LogP contribution in [0.25, 0.3) is 6.08 Å². The van der Waals surface area contributed by atoms with Crippen LogP contribution < -0.4 is 9.64 Å². The van der Waals surface area contributed by atoms with E-state index < -0.39 is 5.60 Å². The van der Waals surface area contributed by atoms with Gasteiger partial charge in [-0.05, 0) is 72.8 Å². The molecule has 0 atom stereocenters. The number of fused-ring (bicyclic) bond motifs is 1. The third-order valence-corrected chi connectivity index (χ3v) is 7.69. The zero-order valence-electron chi connectivity index (χ0n) is 23.6. The average molecular weight is 552 g/mol. The lowest BCUT2D eigenvalue weighted by atomic mass is 9.83. The molecule has 2 nitrogen and oxygen atoms in total. The Balaban J connectivity index is 1.15. The smallest absolute Gasteiger partial charge is 0.178 e. The molecule has 0 bridgehead atoms. The standard InChI is InChI=1S/C41H29NO/c1-5-13-35(14-6-1)41(36-15-7-2-8-16-36)30-29-34-31-33(25-28-40(34)43-41)22-21-32-23-26-39(27-24-32)42(37-17-9-3-10-18-37)38-19-11-4-12-20-38/h1-20,23-31H. The minimum absolute atomic E-state index is 0.683. The molecule has 204 valence electrons. The van der Waals surface area contributed by atoms with E-state index >= 15 is 0 Å². The normalized spacial score (nSPS) is 12.7. The zero-order valence-corrected chi connectivity index (χ0v) is 23.6. The minimum atomic E-state index is -0.683. The molecule has 0 saturated carbocycles. The topological polar surface area (TPSA) is 12.5 Å². The van der Waals surface area contributed by atoms with E-state index in [0.29, 0.717) is 0 Å². The third kappa shape index (κ3) is 5.33. The van der Waals surface area contributed by atoms with E-state index in [1.165, 1.54) is 0 Å². The van der Waals surface area contributed by atoms with Crippen molar-refractivity contribution in [2.45, 2.75) is 5.60 Å². The molecule has 0 amide bonds. The summed E-state index contributed by atoms with van der Waals surface area (Å²) in [6.45, 7) is 0. The highest BCUT2D eigenvalue weighted by Gasteiger charge is 2.36. The Labute approximate surface area is 253 Å². The van der Waals surface area contributed by atoms with Crippen molar-refractivity contribution in [1.82, 2.24) is 0 Å². The van der Waals surface area contributed by atoms with Crippen molar-refractivity contribution >= 4 is 23.1 Å². The summed E-state index contributed by atoms with van der Waals surface area (Å²) in [5, 5.41) is 0. The molecular formula is C41H29NO. The molecule has 6 aromatic rings. The first-order valence-corrected chi connectivity index (χ1v) is 14.4. The van der Waals surface area contributed by atoms with Crippen molar-refractivity contribution in [2.24, 2.45) is 0 Å². The van der Waals surface area contributed by atoms with Gasteiger partial charge in [0.1, 0.15) is 5.75 Å². The summed E-state index contributed by atoms with van der Waals surface area (Å²) in [5.74, 6) is 7.54. The Morgan fingerprint density at radius 3 is 1.49 bits per heavy atom. The molecule has 0 radical (unpaired) electrons. The van der Waals surface area contributed by atoms with Crippen molar-refractivity contribution in [1.29, 1.82) is 0 Å². The van der Waals surface area contributed by atoms with Gasteiger partial charge in [0.2, 0.25) is 0 Å². The summed E-state index contributed by atoms with van der Waals surface area (Å²) >= 11 is 0. The highest BCUT2D eigenvalue weighted by molar-refractivity contribution is 5.76. The van der Waals surface area contributed by atoms with Crippen LogP contribution in [-0.2, 0) is 5.60 Å². The van der Waals surface area contributed by atoms with Crippen molar-refractivity contribution in [3.8, 4) is 17.6 Å². The van der Waals surface area contributed by atoms with Crippen LogP contribution in [-0.4, -0.2) is 0 Å². The van der Waals surface area contributed by atoms with Crippen LogP contribution in [0.15, 0.2) is 170 Å². The number of para-hydroxylation sites is 2. The molecule has 0 N–H and O–H groups in total. The molecule has 0 spiro atoms. The van der Waals surface area contributed by atoms with Gasteiger partial charge in [-0.3, -0.25) is 0 Å². The van der Waals surface area contributed by atoms with Crippen LogP contribution in [0.2, 0.25) is 0 Å². The summed E-state index contributed by atoms with van der Waals surface area (Å²) < 4.78 is 6.78. The van der Waals surface area contributed by atoms with E-state index in [4.69, 9.17) is 4.74 Å². The highest BCUT2D eigenvalue weighted by atomic mass is 16.5. The van der Waals surface area contributed by atoms with Gasteiger partial charge in [0.25, 0.3) is 0 Å². The molecule has 1 aliphatic heterocycles. The molecule has 0 fully saturated rings. The maximum atomic E-state index is 6.78. The number of hydrogen-bond acceptors (Lipinski definition) is 2. The van der Waals surface area contributed by atoms with Crippen LogP contribution in [0.1, 0.15) is 27.8 Å². The molecule has 6 aromatic carbocycles. The predicted octanol–water partition coefficient (Wildman–Crippen LogP) is 9.91. The van der Waals surface area contributed by atoms with Gasteiger partial charge in [0.15, 0.2) is 5.60 Å². The fourth-order valence-corrected chi connectivity index (χ4v) is 5.55. The lowest BCUT2D eigenvalue weighted by molar-refractivity contribution is 0.161. The Morgan fingerprint density at radius 1 is 0.465 bits per heavy atom. The second kappa shape index (κ2) is 11.6. The van der Waals surface area contributed by atoms with Gasteiger partial charge in [-0.1, -0.05) is 115 Å². The van der Waals surface area contributed by atoms with Crippen molar-refractivity contribution in [3.05, 3.63) is 198 Å². The first-order valence-electron chi connectivity index (χ1n) is 14.4. The maximum absolute atomic E-state index is 6.78. The number of benzene rings is 6. The summed E-state index contributed by atoms with van der Waals surface area (Å²) in [4.78, 5) is 2.25. The minimum Gasteiger partial charge on any atom is -0.473 e. The number of hydrogen-bond donors (Lipinski definition) is 0. The third-order valence-electron chi connectivity index (χ3n) is 7.69. The summed E-state index contributed by atoms with van der Waals surface area (Å²) in [7, 11) is 0. The van der Waals surface area contributed by atoms with Crippen molar-refractivity contribution in [2.75, 3.05) is 4.90 Å². The largest absolute Gasteiger partial charge is 0.473 e. The second-order valence-electron chi connectivity index (χ2n) is 10.5. The van der Waals surface area contributed by atoms with E-state index in [9.17, 15) is 0 Å². The van der Waals surface area contributed by atoms with Crippen molar-refractivity contribution < 1.29 is 4.74 Å². The van der Waals surface area contributed by atoms with Gasteiger partial charge < -0.3 is 9.64 Å². The van der Waals surface area contributed by atoms with Gasteiger partial charge in [-0.25, -0.2) is 0 Å². The maximum Gasteiger partial charge on any atom is 0.178 e. The fraction of sp³-hybridized carbons (Fsp3) is 0.0244. The van der Waals surface area contributed by atoms with Crippen molar-refractivity contribution in [3.63, 3.8) is 0 Å². The van der Waals surface area contributed by atoms with E-state index in [1.807, 2.05) is 36.4 Å². The molecule has 1 heterocycles. The monoisotopic (exact) mass is 551 g/mol. The molecule has 0 saturated heterocycles. The average Bonchev–Trinajstić information content (AvgIpc) is 3.09. The molecule has 0 aromatic heterocycles. The Bertz CT molecular complexity index is 1840. The number of rotatable bonds is 5. The molecule has 7 rings (SSSR count).